The largest absolute Gasteiger partial charge is 0.370 e. The third kappa shape index (κ3) is 4.16. The monoisotopic (exact) mass is 307 g/mol. The lowest BCUT2D eigenvalue weighted by Crippen LogP contribution is -2.13. The van der Waals surface area contributed by atoms with E-state index in [0.29, 0.717) is 16.4 Å². The fourth-order valence-corrected chi connectivity index (χ4v) is 1.85. The van der Waals surface area contributed by atoms with Gasteiger partial charge in [-0.25, -0.2) is 9.37 Å². The Morgan fingerprint density at radius 1 is 1.33 bits per heavy atom. The molecule has 1 aromatic carbocycles. The second-order valence-corrected chi connectivity index (χ2v) is 4.87. The van der Waals surface area contributed by atoms with E-state index < -0.39 is 11.7 Å². The first kappa shape index (κ1) is 15.3. The lowest BCUT2D eigenvalue weighted by Gasteiger charge is -2.08. The van der Waals surface area contributed by atoms with Crippen molar-refractivity contribution in [2.24, 2.45) is 0 Å². The van der Waals surface area contributed by atoms with Gasteiger partial charge in [-0.3, -0.25) is 4.79 Å². The zero-order valence-electron chi connectivity index (χ0n) is 11.5. The van der Waals surface area contributed by atoms with Crippen LogP contribution >= 0.6 is 11.6 Å². The number of benzene rings is 1. The van der Waals surface area contributed by atoms with E-state index in [9.17, 15) is 9.18 Å². The van der Waals surface area contributed by atoms with Gasteiger partial charge in [-0.2, -0.15) is 0 Å². The predicted octanol–water partition coefficient (Wildman–Crippen LogP) is 3.95. The predicted molar refractivity (Wildman–Crippen MR) is 82.4 cm³/mol. The molecule has 0 atom stereocenters. The number of carbonyl (C=O) groups is 1. The second-order valence-electron chi connectivity index (χ2n) is 4.44. The summed E-state index contributed by atoms with van der Waals surface area (Å²) in [6, 6.07) is 7.32. The smallest absolute Gasteiger partial charge is 0.257 e. The molecule has 4 nitrogen and oxygen atoms in total. The summed E-state index contributed by atoms with van der Waals surface area (Å²) in [4.78, 5) is 16.1. The standard InChI is InChI=1S/C15H15ClFN3O/c1-2-7-18-14-6-3-10(9-19-14)15(21)20-13-8-11(16)4-5-12(13)17/h3-6,8-9H,2,7H2,1H3,(H,18,19)(H,20,21). The normalized spacial score (nSPS) is 10.2. The van der Waals surface area contributed by atoms with Crippen LogP contribution in [0.4, 0.5) is 15.9 Å². The maximum atomic E-state index is 13.6. The molecule has 21 heavy (non-hydrogen) atoms. The highest BCUT2D eigenvalue weighted by atomic mass is 35.5. The number of hydrogen-bond acceptors (Lipinski definition) is 3. The van der Waals surface area contributed by atoms with E-state index in [1.54, 1.807) is 12.1 Å². The van der Waals surface area contributed by atoms with E-state index in [2.05, 4.69) is 15.6 Å². The van der Waals surface area contributed by atoms with Gasteiger partial charge in [-0.1, -0.05) is 18.5 Å². The number of hydrogen-bond donors (Lipinski definition) is 2. The molecule has 0 bridgehead atoms. The van der Waals surface area contributed by atoms with Gasteiger partial charge < -0.3 is 10.6 Å². The van der Waals surface area contributed by atoms with Crippen LogP contribution in [0.25, 0.3) is 0 Å². The summed E-state index contributed by atoms with van der Waals surface area (Å²) in [6.07, 6.45) is 2.42. The van der Waals surface area contributed by atoms with Crippen molar-refractivity contribution in [1.29, 1.82) is 0 Å². The average Bonchev–Trinajstić information content (AvgIpc) is 2.49. The van der Waals surface area contributed by atoms with Crippen molar-refractivity contribution in [1.82, 2.24) is 4.98 Å². The molecule has 1 aromatic heterocycles. The number of carbonyl (C=O) groups excluding carboxylic acids is 1. The van der Waals surface area contributed by atoms with Gasteiger partial charge in [-0.15, -0.1) is 0 Å². The molecule has 0 aliphatic heterocycles. The molecule has 0 saturated heterocycles. The molecule has 0 aliphatic carbocycles. The average molecular weight is 308 g/mol. The lowest BCUT2D eigenvalue weighted by atomic mass is 10.2. The minimum Gasteiger partial charge on any atom is -0.370 e. The third-order valence-corrected chi connectivity index (χ3v) is 2.99. The number of nitrogens with one attached hydrogen (secondary N) is 2. The first-order valence-electron chi connectivity index (χ1n) is 6.56. The first-order chi connectivity index (χ1) is 10.1. The van der Waals surface area contributed by atoms with Crippen LogP contribution in [0.15, 0.2) is 36.5 Å². The lowest BCUT2D eigenvalue weighted by molar-refractivity contribution is 0.102. The van der Waals surface area contributed by atoms with Crippen LogP contribution in [0, 0.1) is 5.82 Å². The third-order valence-electron chi connectivity index (χ3n) is 2.76. The molecule has 1 heterocycles. The van der Waals surface area contributed by atoms with Crippen molar-refractivity contribution in [3.63, 3.8) is 0 Å². The van der Waals surface area contributed by atoms with E-state index in [0.717, 1.165) is 13.0 Å². The van der Waals surface area contributed by atoms with Gasteiger partial charge in [0, 0.05) is 17.8 Å². The van der Waals surface area contributed by atoms with Crippen LogP contribution < -0.4 is 10.6 Å². The Labute approximate surface area is 127 Å². The van der Waals surface area contributed by atoms with Crippen molar-refractivity contribution in [3.05, 3.63) is 52.9 Å². The molecule has 0 aliphatic rings. The minimum atomic E-state index is -0.540. The van der Waals surface area contributed by atoms with Crippen LogP contribution in [-0.2, 0) is 0 Å². The molecular weight excluding hydrogens is 293 g/mol. The summed E-state index contributed by atoms with van der Waals surface area (Å²) in [7, 11) is 0. The Morgan fingerprint density at radius 3 is 2.81 bits per heavy atom. The number of anilines is 2. The fourth-order valence-electron chi connectivity index (χ4n) is 1.67. The van der Waals surface area contributed by atoms with Crippen LogP contribution in [0.3, 0.4) is 0 Å². The van der Waals surface area contributed by atoms with E-state index in [4.69, 9.17) is 11.6 Å². The number of pyridine rings is 1. The van der Waals surface area contributed by atoms with Crippen molar-refractivity contribution in [2.75, 3.05) is 17.2 Å². The Hall–Kier alpha value is -2.14. The number of nitrogens with zero attached hydrogens (tertiary/aromatic N) is 1. The van der Waals surface area contributed by atoms with Gasteiger partial charge >= 0.3 is 0 Å². The maximum Gasteiger partial charge on any atom is 0.257 e. The first-order valence-corrected chi connectivity index (χ1v) is 6.94. The van der Waals surface area contributed by atoms with Gasteiger partial charge in [0.15, 0.2) is 0 Å². The number of rotatable bonds is 5. The molecule has 2 rings (SSSR count). The minimum absolute atomic E-state index is 0.0423. The van der Waals surface area contributed by atoms with Gasteiger partial charge in [-0.05, 0) is 36.8 Å². The molecule has 2 N–H and O–H groups in total. The van der Waals surface area contributed by atoms with E-state index >= 15 is 0 Å². The van der Waals surface area contributed by atoms with Crippen LogP contribution in [0.5, 0.6) is 0 Å². The molecular formula is C15H15ClFN3O. The summed E-state index contributed by atoms with van der Waals surface area (Å²) in [5.41, 5.74) is 0.386. The highest BCUT2D eigenvalue weighted by Gasteiger charge is 2.10. The maximum absolute atomic E-state index is 13.6. The molecule has 2 aromatic rings. The zero-order chi connectivity index (χ0) is 15.2. The van der Waals surface area contributed by atoms with E-state index in [1.807, 2.05) is 6.92 Å². The van der Waals surface area contributed by atoms with Crippen LogP contribution in [0.2, 0.25) is 5.02 Å². The van der Waals surface area contributed by atoms with Crippen LogP contribution in [0.1, 0.15) is 23.7 Å². The molecule has 0 radical (unpaired) electrons. The molecule has 0 saturated carbocycles. The molecule has 1 amide bonds. The number of amides is 1. The zero-order valence-corrected chi connectivity index (χ0v) is 12.2. The van der Waals surface area contributed by atoms with Crippen LogP contribution in [-0.4, -0.2) is 17.4 Å². The number of aromatic nitrogens is 1. The Morgan fingerprint density at radius 2 is 2.14 bits per heavy atom. The second kappa shape index (κ2) is 7.04. The van der Waals surface area contributed by atoms with Gasteiger partial charge in [0.1, 0.15) is 11.6 Å². The molecule has 0 spiro atoms. The molecule has 0 fully saturated rings. The van der Waals surface area contributed by atoms with Gasteiger partial charge in [0.05, 0.1) is 11.3 Å². The van der Waals surface area contributed by atoms with Gasteiger partial charge in [0.25, 0.3) is 5.91 Å². The highest BCUT2D eigenvalue weighted by Crippen LogP contribution is 2.20. The summed E-state index contributed by atoms with van der Waals surface area (Å²) in [5, 5.41) is 5.93. The summed E-state index contributed by atoms with van der Waals surface area (Å²) >= 11 is 5.78. The molecule has 110 valence electrons. The quantitative estimate of drug-likeness (QED) is 0.879. The Balaban J connectivity index is 2.07. The molecule has 6 heteroatoms. The topological polar surface area (TPSA) is 54.0 Å². The van der Waals surface area contributed by atoms with Gasteiger partial charge in [0.2, 0.25) is 0 Å². The van der Waals surface area contributed by atoms with Crippen molar-refractivity contribution in [3.8, 4) is 0 Å². The Kier molecular flexibility index (Phi) is 5.11. The van der Waals surface area contributed by atoms with Crippen molar-refractivity contribution >= 4 is 29.0 Å². The number of halogens is 2. The summed E-state index contributed by atoms with van der Waals surface area (Å²) < 4.78 is 13.6. The van der Waals surface area contributed by atoms with E-state index in [1.165, 1.54) is 24.4 Å². The SMILES string of the molecule is CCCNc1ccc(C(=O)Nc2cc(Cl)ccc2F)cn1. The molecule has 0 unspecified atom stereocenters. The Bertz CT molecular complexity index is 631. The summed E-state index contributed by atoms with van der Waals surface area (Å²) in [6.45, 7) is 2.86. The summed E-state index contributed by atoms with van der Waals surface area (Å²) in [5.74, 6) is -0.282. The van der Waals surface area contributed by atoms with E-state index in [-0.39, 0.29) is 5.69 Å². The fraction of sp³-hybridized carbons (Fsp3) is 0.200. The van der Waals surface area contributed by atoms with Crippen molar-refractivity contribution in [2.45, 2.75) is 13.3 Å². The van der Waals surface area contributed by atoms with Crippen molar-refractivity contribution < 1.29 is 9.18 Å². The highest BCUT2D eigenvalue weighted by molar-refractivity contribution is 6.31.